The van der Waals surface area contributed by atoms with Crippen molar-refractivity contribution in [1.29, 1.82) is 0 Å². The molecule has 30 heavy (non-hydrogen) atoms. The Balaban J connectivity index is 1.27. The Morgan fingerprint density at radius 1 is 1.10 bits per heavy atom. The number of benzene rings is 2. The quantitative estimate of drug-likeness (QED) is 0.548. The lowest BCUT2D eigenvalue weighted by atomic mass is 10.1. The number of nitrogens with one attached hydrogen (secondary N) is 3. The summed E-state index contributed by atoms with van der Waals surface area (Å²) in [6, 6.07) is 19.2. The molecule has 0 saturated heterocycles. The van der Waals surface area contributed by atoms with Crippen LogP contribution in [0.3, 0.4) is 0 Å². The SMILES string of the molecule is Cc1cc(Oc2ccccc2)ccc1NC(=O)NCCc1ccc2c(n1)NCCC2. The minimum absolute atomic E-state index is 0.231. The summed E-state index contributed by atoms with van der Waals surface area (Å²) in [6.07, 6.45) is 2.91. The van der Waals surface area contributed by atoms with E-state index in [2.05, 4.69) is 27.0 Å². The number of carbonyl (C=O) groups is 1. The normalized spacial score (nSPS) is 12.4. The van der Waals surface area contributed by atoms with Gasteiger partial charge in [0, 0.05) is 30.9 Å². The van der Waals surface area contributed by atoms with Gasteiger partial charge in [-0.15, -0.1) is 0 Å². The molecule has 2 amide bonds. The van der Waals surface area contributed by atoms with Crippen LogP contribution in [-0.4, -0.2) is 24.1 Å². The zero-order valence-corrected chi connectivity index (χ0v) is 17.1. The van der Waals surface area contributed by atoms with Gasteiger partial charge in [-0.2, -0.15) is 0 Å². The molecule has 6 nitrogen and oxygen atoms in total. The molecule has 0 unspecified atom stereocenters. The first kappa shape index (κ1) is 19.8. The predicted molar refractivity (Wildman–Crippen MR) is 119 cm³/mol. The maximum Gasteiger partial charge on any atom is 0.319 e. The first-order chi connectivity index (χ1) is 14.7. The van der Waals surface area contributed by atoms with Gasteiger partial charge in [0.05, 0.1) is 0 Å². The maximum absolute atomic E-state index is 12.3. The smallest absolute Gasteiger partial charge is 0.319 e. The molecular formula is C24H26N4O2. The number of aryl methyl sites for hydroxylation is 2. The fourth-order valence-corrected chi connectivity index (χ4v) is 3.44. The van der Waals surface area contributed by atoms with Crippen LogP contribution in [0.2, 0.25) is 0 Å². The summed E-state index contributed by atoms with van der Waals surface area (Å²) in [5.74, 6) is 2.50. The lowest BCUT2D eigenvalue weighted by Crippen LogP contribution is -2.30. The minimum atomic E-state index is -0.231. The van der Waals surface area contributed by atoms with E-state index in [1.165, 1.54) is 5.56 Å². The average Bonchev–Trinajstić information content (AvgIpc) is 2.76. The monoisotopic (exact) mass is 402 g/mol. The van der Waals surface area contributed by atoms with Crippen molar-refractivity contribution in [3.05, 3.63) is 77.5 Å². The number of anilines is 2. The summed E-state index contributed by atoms with van der Waals surface area (Å²) in [6.45, 7) is 3.43. The Hall–Kier alpha value is -3.54. The second-order valence-electron chi connectivity index (χ2n) is 7.36. The van der Waals surface area contributed by atoms with E-state index in [0.29, 0.717) is 13.0 Å². The van der Waals surface area contributed by atoms with Crippen molar-refractivity contribution in [3.8, 4) is 11.5 Å². The Morgan fingerprint density at radius 3 is 2.80 bits per heavy atom. The number of fused-ring (bicyclic) bond motifs is 1. The van der Waals surface area contributed by atoms with Crippen LogP contribution in [0.15, 0.2) is 60.7 Å². The van der Waals surface area contributed by atoms with Gasteiger partial charge in [-0.1, -0.05) is 24.3 Å². The lowest BCUT2D eigenvalue weighted by Gasteiger charge is -2.17. The molecule has 0 fully saturated rings. The van der Waals surface area contributed by atoms with E-state index in [9.17, 15) is 4.79 Å². The van der Waals surface area contributed by atoms with Crippen LogP contribution < -0.4 is 20.7 Å². The number of nitrogens with zero attached hydrogens (tertiary/aromatic N) is 1. The molecule has 3 N–H and O–H groups in total. The molecule has 0 atom stereocenters. The van der Waals surface area contributed by atoms with E-state index in [4.69, 9.17) is 4.74 Å². The van der Waals surface area contributed by atoms with Crippen LogP contribution in [0.25, 0.3) is 0 Å². The molecule has 0 spiro atoms. The summed E-state index contributed by atoms with van der Waals surface area (Å²) < 4.78 is 5.83. The van der Waals surface area contributed by atoms with Crippen molar-refractivity contribution in [2.75, 3.05) is 23.7 Å². The molecule has 3 aromatic rings. The van der Waals surface area contributed by atoms with Crippen molar-refractivity contribution in [3.63, 3.8) is 0 Å². The van der Waals surface area contributed by atoms with E-state index in [1.807, 2.05) is 61.5 Å². The number of hydrogen-bond acceptors (Lipinski definition) is 4. The van der Waals surface area contributed by atoms with E-state index in [1.54, 1.807) is 0 Å². The van der Waals surface area contributed by atoms with Crippen LogP contribution in [-0.2, 0) is 12.8 Å². The Morgan fingerprint density at radius 2 is 1.97 bits per heavy atom. The highest BCUT2D eigenvalue weighted by molar-refractivity contribution is 5.90. The van der Waals surface area contributed by atoms with Crippen molar-refractivity contribution in [2.24, 2.45) is 0 Å². The third-order valence-corrected chi connectivity index (χ3v) is 5.04. The van der Waals surface area contributed by atoms with Gasteiger partial charge in [0.15, 0.2) is 0 Å². The van der Waals surface area contributed by atoms with E-state index in [0.717, 1.165) is 53.6 Å². The molecule has 1 aliphatic heterocycles. The molecule has 154 valence electrons. The van der Waals surface area contributed by atoms with Crippen LogP contribution in [0, 0.1) is 6.92 Å². The van der Waals surface area contributed by atoms with Gasteiger partial charge >= 0.3 is 6.03 Å². The summed E-state index contributed by atoms with van der Waals surface area (Å²) >= 11 is 0. The van der Waals surface area contributed by atoms with E-state index >= 15 is 0 Å². The number of urea groups is 1. The van der Waals surface area contributed by atoms with E-state index < -0.39 is 0 Å². The summed E-state index contributed by atoms with van der Waals surface area (Å²) in [4.78, 5) is 16.9. The minimum Gasteiger partial charge on any atom is -0.457 e. The second kappa shape index (κ2) is 9.31. The molecule has 0 radical (unpaired) electrons. The fraction of sp³-hybridized carbons (Fsp3) is 0.250. The molecule has 2 heterocycles. The summed E-state index contributed by atoms with van der Waals surface area (Å²) in [7, 11) is 0. The van der Waals surface area contributed by atoms with Crippen molar-refractivity contribution < 1.29 is 9.53 Å². The first-order valence-corrected chi connectivity index (χ1v) is 10.3. The topological polar surface area (TPSA) is 75.3 Å². The van der Waals surface area contributed by atoms with Gasteiger partial charge < -0.3 is 20.7 Å². The van der Waals surface area contributed by atoms with Crippen molar-refractivity contribution >= 4 is 17.5 Å². The molecule has 6 heteroatoms. The first-order valence-electron chi connectivity index (χ1n) is 10.3. The number of carbonyl (C=O) groups excluding carboxylic acids is 1. The zero-order valence-electron chi connectivity index (χ0n) is 17.1. The second-order valence-corrected chi connectivity index (χ2v) is 7.36. The number of aromatic nitrogens is 1. The van der Waals surface area contributed by atoms with Gasteiger partial charge in [-0.25, -0.2) is 9.78 Å². The third kappa shape index (κ3) is 5.08. The van der Waals surface area contributed by atoms with Gasteiger partial charge in [0.25, 0.3) is 0 Å². The molecule has 2 aromatic carbocycles. The van der Waals surface area contributed by atoms with E-state index in [-0.39, 0.29) is 6.03 Å². The van der Waals surface area contributed by atoms with Gasteiger partial charge in [-0.3, -0.25) is 0 Å². The number of rotatable bonds is 6. The Labute approximate surface area is 176 Å². The van der Waals surface area contributed by atoms with Crippen LogP contribution >= 0.6 is 0 Å². The van der Waals surface area contributed by atoms with Crippen LogP contribution in [0.1, 0.15) is 23.2 Å². The number of amides is 2. The largest absolute Gasteiger partial charge is 0.457 e. The Bertz CT molecular complexity index is 1020. The number of ether oxygens (including phenoxy) is 1. The maximum atomic E-state index is 12.3. The van der Waals surface area contributed by atoms with Crippen LogP contribution in [0.4, 0.5) is 16.3 Å². The predicted octanol–water partition coefficient (Wildman–Crippen LogP) is 4.90. The molecule has 0 bridgehead atoms. The molecule has 4 rings (SSSR count). The molecule has 1 aromatic heterocycles. The van der Waals surface area contributed by atoms with Gasteiger partial charge in [0.1, 0.15) is 17.3 Å². The highest BCUT2D eigenvalue weighted by atomic mass is 16.5. The molecular weight excluding hydrogens is 376 g/mol. The average molecular weight is 402 g/mol. The van der Waals surface area contributed by atoms with Gasteiger partial charge in [-0.05, 0) is 67.3 Å². The highest BCUT2D eigenvalue weighted by Crippen LogP contribution is 2.26. The molecule has 1 aliphatic rings. The van der Waals surface area contributed by atoms with Crippen LogP contribution in [0.5, 0.6) is 11.5 Å². The van der Waals surface area contributed by atoms with Gasteiger partial charge in [0.2, 0.25) is 0 Å². The number of para-hydroxylation sites is 1. The number of hydrogen-bond donors (Lipinski definition) is 3. The molecule has 0 saturated carbocycles. The fourth-order valence-electron chi connectivity index (χ4n) is 3.44. The number of pyridine rings is 1. The lowest BCUT2D eigenvalue weighted by molar-refractivity contribution is 0.252. The Kier molecular flexibility index (Phi) is 6.13. The summed E-state index contributed by atoms with van der Waals surface area (Å²) in [5, 5.41) is 9.14. The zero-order chi connectivity index (χ0) is 20.8. The standard InChI is InChI=1S/C24H26N4O2/c1-17-16-21(30-20-7-3-2-4-8-20)11-12-22(17)28-24(29)26-15-13-19-10-9-18-6-5-14-25-23(18)27-19/h2-4,7-12,16H,5-6,13-15H2,1H3,(H,25,27)(H2,26,28,29). The van der Waals surface area contributed by atoms with Crippen molar-refractivity contribution in [2.45, 2.75) is 26.2 Å². The van der Waals surface area contributed by atoms with Crippen molar-refractivity contribution in [1.82, 2.24) is 10.3 Å². The summed E-state index contributed by atoms with van der Waals surface area (Å²) in [5.41, 5.74) is 3.93. The molecule has 0 aliphatic carbocycles. The highest BCUT2D eigenvalue weighted by Gasteiger charge is 2.11. The third-order valence-electron chi connectivity index (χ3n) is 5.04.